The summed E-state index contributed by atoms with van der Waals surface area (Å²) < 4.78 is 10.8. The van der Waals surface area contributed by atoms with E-state index in [1.807, 2.05) is 42.7 Å². The van der Waals surface area contributed by atoms with Gasteiger partial charge in [-0.15, -0.1) is 0 Å². The van der Waals surface area contributed by atoms with Gasteiger partial charge in [-0.2, -0.15) is 0 Å². The third kappa shape index (κ3) is 2.38. The number of hydrogen-bond acceptors (Lipinski definition) is 1. The van der Waals surface area contributed by atoms with E-state index >= 15 is 0 Å². The normalized spacial score (nSPS) is 16.2. The van der Waals surface area contributed by atoms with Gasteiger partial charge in [-0.05, 0) is 55.5 Å². The topological polar surface area (TPSA) is 20.2 Å². The molecule has 0 aliphatic rings. The van der Waals surface area contributed by atoms with Gasteiger partial charge in [-0.3, -0.25) is 0 Å². The van der Waals surface area contributed by atoms with Crippen molar-refractivity contribution in [2.45, 2.75) is 23.6 Å². The second-order valence-corrected chi connectivity index (χ2v) is 7.13. The lowest BCUT2D eigenvalue weighted by Gasteiger charge is -2.30. The minimum Gasteiger partial charge on any atom is -0.343 e. The van der Waals surface area contributed by atoms with Crippen molar-refractivity contribution in [1.82, 2.24) is 0 Å². The predicted molar refractivity (Wildman–Crippen MR) is 75.0 cm³/mol. The maximum Gasteiger partial charge on any atom is 0.0169 e. The first-order valence-corrected chi connectivity index (χ1v) is 7.65. The summed E-state index contributed by atoms with van der Waals surface area (Å²) in [4.78, 5) is 2.02. The smallest absolute Gasteiger partial charge is 0.0169 e. The lowest BCUT2D eigenvalue weighted by Crippen LogP contribution is -1.99. The Balaban J connectivity index is 2.48. The maximum absolute atomic E-state index is 10.8. The molecule has 1 unspecified atom stereocenters. The highest BCUT2D eigenvalue weighted by Crippen LogP contribution is 2.55. The second-order valence-electron chi connectivity index (χ2n) is 4.43. The highest BCUT2D eigenvalue weighted by molar-refractivity contribution is 8.28. The van der Waals surface area contributed by atoms with Crippen molar-refractivity contribution >= 4 is 10.3 Å². The van der Waals surface area contributed by atoms with E-state index in [4.69, 9.17) is 0 Å². The van der Waals surface area contributed by atoms with E-state index in [9.17, 15) is 4.55 Å². The Bertz CT molecular complexity index is 518. The fourth-order valence-electron chi connectivity index (χ4n) is 1.78. The summed E-state index contributed by atoms with van der Waals surface area (Å²) in [6.07, 6.45) is 1.92. The van der Waals surface area contributed by atoms with E-state index in [1.54, 1.807) is 0 Å². The van der Waals surface area contributed by atoms with Crippen LogP contribution in [0.1, 0.15) is 11.1 Å². The number of aryl methyl sites for hydroxylation is 2. The molecule has 0 saturated carbocycles. The zero-order valence-electron chi connectivity index (χ0n) is 10.5. The lowest BCUT2D eigenvalue weighted by atomic mass is 10.1. The minimum atomic E-state index is -1.88. The van der Waals surface area contributed by atoms with Crippen LogP contribution in [0.25, 0.3) is 0 Å². The number of hydrogen-bond donors (Lipinski definition) is 1. The second kappa shape index (κ2) is 4.55. The molecule has 0 bridgehead atoms. The lowest BCUT2D eigenvalue weighted by molar-refractivity contribution is 0.630. The SMILES string of the molecule is Cc1ccc(S(C)(O)c2ccccc2)cc1C. The predicted octanol–water partition coefficient (Wildman–Crippen LogP) is 4.63. The van der Waals surface area contributed by atoms with Crippen LogP contribution in [0, 0.1) is 13.8 Å². The summed E-state index contributed by atoms with van der Waals surface area (Å²) in [6, 6.07) is 16.1. The number of rotatable bonds is 2. The Morgan fingerprint density at radius 2 is 1.47 bits per heavy atom. The molecule has 17 heavy (non-hydrogen) atoms. The molecule has 0 spiro atoms. The molecule has 2 rings (SSSR count). The third-order valence-electron chi connectivity index (χ3n) is 3.14. The van der Waals surface area contributed by atoms with E-state index in [0.717, 1.165) is 9.79 Å². The van der Waals surface area contributed by atoms with Crippen LogP contribution in [-0.2, 0) is 0 Å². The largest absolute Gasteiger partial charge is 0.343 e. The van der Waals surface area contributed by atoms with E-state index in [2.05, 4.69) is 26.0 Å². The summed E-state index contributed by atoms with van der Waals surface area (Å²) >= 11 is 0. The molecule has 0 aliphatic heterocycles. The molecule has 2 heteroatoms. The molecule has 1 nitrogen and oxygen atoms in total. The van der Waals surface area contributed by atoms with Crippen LogP contribution in [0.15, 0.2) is 58.3 Å². The summed E-state index contributed by atoms with van der Waals surface area (Å²) in [6.45, 7) is 4.17. The third-order valence-corrected chi connectivity index (χ3v) is 5.50. The minimum absolute atomic E-state index is 1.00. The average molecular weight is 246 g/mol. The van der Waals surface area contributed by atoms with Crippen LogP contribution in [0.3, 0.4) is 0 Å². The van der Waals surface area contributed by atoms with Gasteiger partial charge in [0.05, 0.1) is 0 Å². The molecule has 1 N–H and O–H groups in total. The maximum atomic E-state index is 10.8. The molecule has 2 aromatic rings. The fraction of sp³-hybridized carbons (Fsp3) is 0.200. The molecule has 0 saturated heterocycles. The van der Waals surface area contributed by atoms with Crippen molar-refractivity contribution in [1.29, 1.82) is 0 Å². The van der Waals surface area contributed by atoms with Crippen molar-refractivity contribution in [3.05, 3.63) is 59.7 Å². The van der Waals surface area contributed by atoms with E-state index in [1.165, 1.54) is 11.1 Å². The van der Waals surface area contributed by atoms with Gasteiger partial charge in [0.15, 0.2) is 0 Å². The first kappa shape index (κ1) is 12.2. The summed E-state index contributed by atoms with van der Waals surface area (Å²) in [5.74, 6) is 0. The molecule has 0 amide bonds. The molecule has 0 radical (unpaired) electrons. The summed E-state index contributed by atoms with van der Waals surface area (Å²) in [5, 5.41) is 0. The van der Waals surface area contributed by atoms with Crippen LogP contribution in [0.2, 0.25) is 0 Å². The fourth-order valence-corrected chi connectivity index (χ4v) is 3.48. The molecular formula is C15H18OS. The highest BCUT2D eigenvalue weighted by Gasteiger charge is 2.19. The Hall–Kier alpha value is -1.25. The van der Waals surface area contributed by atoms with Gasteiger partial charge in [-0.1, -0.05) is 34.6 Å². The van der Waals surface area contributed by atoms with E-state index in [0.29, 0.717) is 0 Å². The van der Waals surface area contributed by atoms with Crippen LogP contribution >= 0.6 is 10.3 Å². The monoisotopic (exact) mass is 246 g/mol. The van der Waals surface area contributed by atoms with Crippen LogP contribution < -0.4 is 0 Å². The van der Waals surface area contributed by atoms with Gasteiger partial charge >= 0.3 is 0 Å². The zero-order valence-corrected chi connectivity index (χ0v) is 11.3. The molecule has 0 aromatic heterocycles. The van der Waals surface area contributed by atoms with Gasteiger partial charge < -0.3 is 4.55 Å². The van der Waals surface area contributed by atoms with Crippen molar-refractivity contribution in [3.8, 4) is 0 Å². The molecule has 90 valence electrons. The van der Waals surface area contributed by atoms with Crippen molar-refractivity contribution in [2.24, 2.45) is 0 Å². The van der Waals surface area contributed by atoms with Gasteiger partial charge in [0, 0.05) is 9.79 Å². The van der Waals surface area contributed by atoms with Gasteiger partial charge in [0.2, 0.25) is 0 Å². The standard InChI is InChI=1S/C15H18OS/c1-12-9-10-15(11-13(12)2)17(3,16)14-7-5-4-6-8-14/h4-11,16H,1-3H3. The Kier molecular flexibility index (Phi) is 3.27. The first-order valence-electron chi connectivity index (χ1n) is 5.65. The number of benzene rings is 2. The Morgan fingerprint density at radius 3 is 2.06 bits per heavy atom. The molecule has 0 aliphatic carbocycles. The van der Waals surface area contributed by atoms with Gasteiger partial charge in [0.1, 0.15) is 0 Å². The van der Waals surface area contributed by atoms with Gasteiger partial charge in [0.25, 0.3) is 0 Å². The van der Waals surface area contributed by atoms with Crippen LogP contribution in [0.4, 0.5) is 0 Å². The Morgan fingerprint density at radius 1 is 0.824 bits per heavy atom. The van der Waals surface area contributed by atoms with Crippen LogP contribution in [0.5, 0.6) is 0 Å². The quantitative estimate of drug-likeness (QED) is 0.819. The van der Waals surface area contributed by atoms with Crippen LogP contribution in [-0.4, -0.2) is 10.8 Å². The molecule has 0 fully saturated rings. The van der Waals surface area contributed by atoms with Crippen molar-refractivity contribution in [2.75, 3.05) is 6.26 Å². The van der Waals surface area contributed by atoms with E-state index < -0.39 is 10.3 Å². The molecular weight excluding hydrogens is 228 g/mol. The molecule has 1 atom stereocenters. The van der Waals surface area contributed by atoms with Crippen molar-refractivity contribution < 1.29 is 4.55 Å². The highest BCUT2D eigenvalue weighted by atomic mass is 32.3. The molecule has 0 heterocycles. The summed E-state index contributed by atoms with van der Waals surface area (Å²) in [5.41, 5.74) is 2.49. The molecule has 2 aromatic carbocycles. The zero-order chi connectivity index (χ0) is 12.5. The van der Waals surface area contributed by atoms with E-state index in [-0.39, 0.29) is 0 Å². The average Bonchev–Trinajstić information content (AvgIpc) is 2.33. The summed E-state index contributed by atoms with van der Waals surface area (Å²) in [7, 11) is -1.88. The van der Waals surface area contributed by atoms with Crippen molar-refractivity contribution in [3.63, 3.8) is 0 Å². The first-order chi connectivity index (χ1) is 8.01. The van der Waals surface area contributed by atoms with Gasteiger partial charge in [-0.25, -0.2) is 0 Å². The Labute approximate surface area is 105 Å².